The molecule has 2 aliphatic heterocycles. The van der Waals surface area contributed by atoms with E-state index < -0.39 is 0 Å². The Morgan fingerprint density at radius 3 is 2.56 bits per heavy atom. The van der Waals surface area contributed by atoms with Gasteiger partial charge < -0.3 is 10.1 Å². The second-order valence-electron chi connectivity index (χ2n) is 6.94. The predicted octanol–water partition coefficient (Wildman–Crippen LogP) is 2.75. The van der Waals surface area contributed by atoms with E-state index in [-0.39, 0.29) is 12.4 Å². The standard InChI is InChI=1S/C20H27N3O.ClH/c1-24-20-7-6-16(18-4-2-3-5-19(18)20)14-22-11-8-17(15-22)23-12-9-21-10-13-23;/h2-7,17,21H,8-15H2,1H3;1H. The SMILES string of the molecule is COc1ccc(CN2CCC(N3CCNCC3)C2)c2ccccc12.Cl. The van der Waals surface area contributed by atoms with Crippen molar-refractivity contribution < 1.29 is 4.74 Å². The van der Waals surface area contributed by atoms with Crippen molar-refractivity contribution in [3.63, 3.8) is 0 Å². The zero-order valence-corrected chi connectivity index (χ0v) is 15.7. The lowest BCUT2D eigenvalue weighted by atomic mass is 10.0. The van der Waals surface area contributed by atoms with Crippen LogP contribution in [0.3, 0.4) is 0 Å². The highest BCUT2D eigenvalue weighted by Gasteiger charge is 2.28. The van der Waals surface area contributed by atoms with Gasteiger partial charge in [0.25, 0.3) is 0 Å². The first-order chi connectivity index (χ1) is 11.8. The monoisotopic (exact) mass is 361 g/mol. The lowest BCUT2D eigenvalue weighted by Crippen LogP contribution is -2.49. The van der Waals surface area contributed by atoms with E-state index in [2.05, 4.69) is 51.5 Å². The Labute approximate surface area is 156 Å². The number of rotatable bonds is 4. The highest BCUT2D eigenvalue weighted by molar-refractivity contribution is 5.91. The van der Waals surface area contributed by atoms with Gasteiger partial charge in [0.15, 0.2) is 0 Å². The van der Waals surface area contributed by atoms with E-state index in [0.29, 0.717) is 0 Å². The smallest absolute Gasteiger partial charge is 0.126 e. The maximum atomic E-state index is 5.52. The van der Waals surface area contributed by atoms with Gasteiger partial charge in [-0.05, 0) is 23.4 Å². The number of piperazine rings is 1. The summed E-state index contributed by atoms with van der Waals surface area (Å²) in [4.78, 5) is 5.28. The molecule has 1 N–H and O–H groups in total. The van der Waals surface area contributed by atoms with Crippen molar-refractivity contribution in [2.75, 3.05) is 46.4 Å². The number of likely N-dealkylation sites (tertiary alicyclic amines) is 1. The number of halogens is 1. The summed E-state index contributed by atoms with van der Waals surface area (Å²) in [6, 6.07) is 13.7. The molecular formula is C20H28ClN3O. The van der Waals surface area contributed by atoms with Gasteiger partial charge in [-0.1, -0.05) is 30.3 Å². The fourth-order valence-electron chi connectivity index (χ4n) is 4.19. The molecule has 0 bridgehead atoms. The zero-order valence-electron chi connectivity index (χ0n) is 14.9. The number of benzene rings is 2. The fraction of sp³-hybridized carbons (Fsp3) is 0.500. The molecule has 0 spiro atoms. The van der Waals surface area contributed by atoms with Crippen molar-refractivity contribution in [1.82, 2.24) is 15.1 Å². The third-order valence-corrected chi connectivity index (χ3v) is 5.50. The van der Waals surface area contributed by atoms with E-state index in [1.165, 1.54) is 48.9 Å². The molecule has 4 nitrogen and oxygen atoms in total. The lowest BCUT2D eigenvalue weighted by molar-refractivity contribution is 0.170. The fourth-order valence-corrected chi connectivity index (χ4v) is 4.19. The van der Waals surface area contributed by atoms with Crippen molar-refractivity contribution in [2.24, 2.45) is 0 Å². The first kappa shape index (κ1) is 18.5. The van der Waals surface area contributed by atoms with Crippen LogP contribution < -0.4 is 10.1 Å². The molecule has 0 radical (unpaired) electrons. The van der Waals surface area contributed by atoms with Gasteiger partial charge in [-0.2, -0.15) is 0 Å². The van der Waals surface area contributed by atoms with E-state index in [1.807, 2.05) is 0 Å². The van der Waals surface area contributed by atoms with Crippen LogP contribution in [0.15, 0.2) is 36.4 Å². The maximum absolute atomic E-state index is 5.52. The van der Waals surface area contributed by atoms with Crippen LogP contribution in [0.5, 0.6) is 5.75 Å². The minimum absolute atomic E-state index is 0. The molecule has 1 unspecified atom stereocenters. The Bertz CT molecular complexity index is 702. The molecule has 0 aromatic heterocycles. The summed E-state index contributed by atoms with van der Waals surface area (Å²) in [6.45, 7) is 8.11. The Kier molecular flexibility index (Phi) is 6.18. The third kappa shape index (κ3) is 3.93. The summed E-state index contributed by atoms with van der Waals surface area (Å²) in [6.07, 6.45) is 1.30. The highest BCUT2D eigenvalue weighted by Crippen LogP contribution is 2.30. The number of hydrogen-bond acceptors (Lipinski definition) is 4. The Hall–Kier alpha value is -1.33. The second kappa shape index (κ2) is 8.37. The number of ether oxygens (including phenoxy) is 1. The van der Waals surface area contributed by atoms with Gasteiger partial charge in [-0.3, -0.25) is 9.80 Å². The molecule has 25 heavy (non-hydrogen) atoms. The minimum atomic E-state index is 0. The van der Waals surface area contributed by atoms with Crippen LogP contribution in [-0.2, 0) is 6.54 Å². The summed E-state index contributed by atoms with van der Waals surface area (Å²) in [5.41, 5.74) is 1.41. The number of methoxy groups -OCH3 is 1. The summed E-state index contributed by atoms with van der Waals surface area (Å²) in [5, 5.41) is 5.99. The van der Waals surface area contributed by atoms with Crippen LogP contribution >= 0.6 is 12.4 Å². The summed E-state index contributed by atoms with van der Waals surface area (Å²) < 4.78 is 5.52. The molecule has 1 atom stereocenters. The van der Waals surface area contributed by atoms with Gasteiger partial charge in [-0.25, -0.2) is 0 Å². The molecule has 0 aliphatic carbocycles. The van der Waals surface area contributed by atoms with Gasteiger partial charge in [0.1, 0.15) is 5.75 Å². The zero-order chi connectivity index (χ0) is 16.4. The lowest BCUT2D eigenvalue weighted by Gasteiger charge is -2.32. The van der Waals surface area contributed by atoms with Crippen molar-refractivity contribution in [3.05, 3.63) is 42.0 Å². The van der Waals surface area contributed by atoms with Crippen LogP contribution in [0, 0.1) is 0 Å². The topological polar surface area (TPSA) is 27.7 Å². The third-order valence-electron chi connectivity index (χ3n) is 5.50. The minimum Gasteiger partial charge on any atom is -0.496 e. The van der Waals surface area contributed by atoms with Crippen LogP contribution in [-0.4, -0.2) is 62.2 Å². The predicted molar refractivity (Wildman–Crippen MR) is 106 cm³/mol. The number of nitrogens with one attached hydrogen (secondary N) is 1. The average Bonchev–Trinajstić information content (AvgIpc) is 3.11. The molecule has 0 saturated carbocycles. The van der Waals surface area contributed by atoms with E-state index in [4.69, 9.17) is 4.74 Å². The van der Waals surface area contributed by atoms with Crippen molar-refractivity contribution >= 4 is 23.2 Å². The second-order valence-corrected chi connectivity index (χ2v) is 6.94. The largest absolute Gasteiger partial charge is 0.496 e. The van der Waals surface area contributed by atoms with Crippen LogP contribution in [0.4, 0.5) is 0 Å². The Morgan fingerprint density at radius 1 is 1.04 bits per heavy atom. The van der Waals surface area contributed by atoms with Crippen LogP contribution in [0.2, 0.25) is 0 Å². The van der Waals surface area contributed by atoms with Crippen molar-refractivity contribution in [3.8, 4) is 5.75 Å². The van der Waals surface area contributed by atoms with E-state index >= 15 is 0 Å². The van der Waals surface area contributed by atoms with Crippen LogP contribution in [0.1, 0.15) is 12.0 Å². The van der Waals surface area contributed by atoms with Gasteiger partial charge in [-0.15, -0.1) is 12.4 Å². The summed E-state index contributed by atoms with van der Waals surface area (Å²) in [5.74, 6) is 0.967. The molecular weight excluding hydrogens is 334 g/mol. The molecule has 0 amide bonds. The molecule has 4 rings (SSSR count). The molecule has 2 saturated heterocycles. The Balaban J connectivity index is 0.00000182. The molecule has 136 valence electrons. The maximum Gasteiger partial charge on any atom is 0.126 e. The summed E-state index contributed by atoms with van der Waals surface area (Å²) in [7, 11) is 1.75. The number of hydrogen-bond donors (Lipinski definition) is 1. The van der Waals surface area contributed by atoms with Gasteiger partial charge in [0.2, 0.25) is 0 Å². The van der Waals surface area contributed by atoms with E-state index in [1.54, 1.807) is 7.11 Å². The van der Waals surface area contributed by atoms with Crippen molar-refractivity contribution in [2.45, 2.75) is 19.0 Å². The normalized spacial score (nSPS) is 22.0. The van der Waals surface area contributed by atoms with Gasteiger partial charge in [0, 0.05) is 57.2 Å². The van der Waals surface area contributed by atoms with E-state index in [0.717, 1.165) is 31.4 Å². The number of nitrogens with zero attached hydrogens (tertiary/aromatic N) is 2. The Morgan fingerprint density at radius 2 is 1.80 bits per heavy atom. The van der Waals surface area contributed by atoms with Gasteiger partial charge in [0.05, 0.1) is 7.11 Å². The quantitative estimate of drug-likeness (QED) is 0.906. The first-order valence-electron chi connectivity index (χ1n) is 9.07. The molecule has 2 aliphatic rings. The molecule has 2 aromatic rings. The summed E-state index contributed by atoms with van der Waals surface area (Å²) >= 11 is 0. The molecule has 2 aromatic carbocycles. The average molecular weight is 362 g/mol. The number of fused-ring (bicyclic) bond motifs is 1. The highest BCUT2D eigenvalue weighted by atomic mass is 35.5. The van der Waals surface area contributed by atoms with Crippen LogP contribution in [0.25, 0.3) is 10.8 Å². The molecule has 2 fully saturated rings. The van der Waals surface area contributed by atoms with Crippen molar-refractivity contribution in [1.29, 1.82) is 0 Å². The van der Waals surface area contributed by atoms with E-state index in [9.17, 15) is 0 Å². The molecule has 2 heterocycles. The molecule has 5 heteroatoms. The first-order valence-corrected chi connectivity index (χ1v) is 9.07. The van der Waals surface area contributed by atoms with Gasteiger partial charge >= 0.3 is 0 Å².